The number of rotatable bonds is 9. The van der Waals surface area contributed by atoms with E-state index in [2.05, 4.69) is 0 Å². The Balaban J connectivity index is -0.000000213. The molecular weight excluding hydrogens is 324 g/mol. The Morgan fingerprint density at radius 2 is 1.14 bits per heavy atom. The molecule has 0 fully saturated rings. The summed E-state index contributed by atoms with van der Waals surface area (Å²) in [5.74, 6) is 0. The molecular formula is C8H33N5O6P2. The third-order valence-electron chi connectivity index (χ3n) is 2.10. The number of unbranched alkanes of at least 4 members (excludes halogenated alkanes) is 3. The van der Waals surface area contributed by atoms with Gasteiger partial charge in [-0.1, -0.05) is 26.2 Å². The van der Waals surface area contributed by atoms with E-state index < -0.39 is 27.8 Å². The van der Waals surface area contributed by atoms with Gasteiger partial charge in [-0.05, 0) is 13.0 Å². The zero-order valence-electron chi connectivity index (χ0n) is 12.7. The van der Waals surface area contributed by atoms with Gasteiger partial charge in [0.2, 0.25) is 0 Å². The van der Waals surface area contributed by atoms with Crippen molar-refractivity contribution in [2.45, 2.75) is 32.6 Å². The van der Waals surface area contributed by atoms with Gasteiger partial charge in [-0.15, -0.1) is 0 Å². The van der Waals surface area contributed by atoms with Gasteiger partial charge in [-0.25, -0.2) is 0 Å². The lowest BCUT2D eigenvalue weighted by Crippen LogP contribution is -2.27. The van der Waals surface area contributed by atoms with Crippen molar-refractivity contribution in [1.82, 2.24) is 29.5 Å². The van der Waals surface area contributed by atoms with Crippen LogP contribution in [0.2, 0.25) is 0 Å². The monoisotopic (exact) mass is 357 g/mol. The predicted octanol–water partition coefficient (Wildman–Crippen LogP) is 1.79. The van der Waals surface area contributed by atoms with Gasteiger partial charge < -0.3 is 44.2 Å². The average Bonchev–Trinajstić information content (AvgIpc) is 2.06. The highest BCUT2D eigenvalue weighted by Gasteiger charge is 2.25. The Hall–Kier alpha value is 0.100. The van der Waals surface area contributed by atoms with E-state index in [1.807, 2.05) is 6.92 Å². The minimum atomic E-state index is -4.28. The van der Waals surface area contributed by atoms with Crippen LogP contribution in [0.5, 0.6) is 0 Å². The summed E-state index contributed by atoms with van der Waals surface area (Å²) in [5, 5.41) is 0. The molecule has 0 aliphatic carbocycles. The van der Waals surface area contributed by atoms with Crippen molar-refractivity contribution in [3.05, 3.63) is 0 Å². The molecule has 0 atom stereocenters. The first-order valence-electron chi connectivity index (χ1n) is 5.45. The van der Waals surface area contributed by atoms with Crippen LogP contribution in [0.15, 0.2) is 0 Å². The number of hydrogen-bond donors (Lipinski definition) is 8. The summed E-state index contributed by atoms with van der Waals surface area (Å²) in [4.78, 5) is 36.4. The van der Waals surface area contributed by atoms with Gasteiger partial charge in [0.25, 0.3) is 0 Å². The zero-order valence-corrected chi connectivity index (χ0v) is 14.5. The normalized spacial score (nSPS) is 10.8. The fraction of sp³-hybridized carbons (Fsp3) is 1.00. The van der Waals surface area contributed by atoms with Crippen LogP contribution in [-0.4, -0.2) is 43.6 Å². The van der Waals surface area contributed by atoms with E-state index in [1.165, 1.54) is 0 Å². The minimum absolute atomic E-state index is 0. The van der Waals surface area contributed by atoms with Crippen molar-refractivity contribution >= 4 is 15.2 Å². The molecule has 0 saturated carbocycles. The third kappa shape index (κ3) is 25.4. The topological polar surface area (TPSA) is 258 Å². The molecule has 21 heavy (non-hydrogen) atoms. The Morgan fingerprint density at radius 3 is 1.43 bits per heavy atom. The van der Waals surface area contributed by atoms with Crippen LogP contribution in [0, 0.1) is 0 Å². The van der Waals surface area contributed by atoms with Crippen molar-refractivity contribution in [2.24, 2.45) is 0 Å². The molecule has 0 aliphatic rings. The maximum atomic E-state index is 10.8. The van der Waals surface area contributed by atoms with Crippen LogP contribution >= 0.6 is 15.2 Å². The molecule has 0 bridgehead atoms. The van der Waals surface area contributed by atoms with E-state index in [0.29, 0.717) is 6.42 Å². The maximum Gasteiger partial charge on any atom is 0.339 e. The third-order valence-corrected chi connectivity index (χ3v) is 3.63. The van der Waals surface area contributed by atoms with Gasteiger partial charge in [-0.2, -0.15) is 0 Å². The highest BCUT2D eigenvalue weighted by molar-refractivity contribution is 7.52. The van der Waals surface area contributed by atoms with Crippen molar-refractivity contribution < 1.29 is 28.7 Å². The standard InChI is InChI=1S/C8H21NO6P2.4H3N/c1-2-3-4-5-6-9(7-16(10,11)12)8-17(13,14)15;;;;/h2-8H2,1H3,(H2,10,11,12)(H2,13,14,15);4*1H3. The van der Waals surface area contributed by atoms with Gasteiger partial charge in [0.05, 0.1) is 0 Å². The first-order chi connectivity index (χ1) is 7.64. The Kier molecular flexibility index (Phi) is 23.5. The quantitative estimate of drug-likeness (QED) is 0.218. The summed E-state index contributed by atoms with van der Waals surface area (Å²) in [6.45, 7) is 2.32. The summed E-state index contributed by atoms with van der Waals surface area (Å²) >= 11 is 0. The summed E-state index contributed by atoms with van der Waals surface area (Å²) in [6, 6.07) is 0. The second-order valence-electron chi connectivity index (χ2n) is 4.07. The number of nitrogens with zero attached hydrogens (tertiary/aromatic N) is 1. The molecule has 0 aliphatic heterocycles. The average molecular weight is 357 g/mol. The van der Waals surface area contributed by atoms with Crippen LogP contribution in [0.3, 0.4) is 0 Å². The van der Waals surface area contributed by atoms with Crippen LogP contribution in [0.1, 0.15) is 32.6 Å². The fourth-order valence-corrected chi connectivity index (χ4v) is 3.15. The summed E-state index contributed by atoms with van der Waals surface area (Å²) in [7, 11) is -8.56. The van der Waals surface area contributed by atoms with Gasteiger partial charge in [0.1, 0.15) is 12.6 Å². The van der Waals surface area contributed by atoms with Gasteiger partial charge >= 0.3 is 15.2 Å². The molecule has 0 aromatic heterocycles. The molecule has 0 unspecified atom stereocenters. The number of hydrogen-bond acceptors (Lipinski definition) is 7. The molecule has 136 valence electrons. The van der Waals surface area contributed by atoms with E-state index in [0.717, 1.165) is 24.2 Å². The first-order valence-corrected chi connectivity index (χ1v) is 9.05. The van der Waals surface area contributed by atoms with E-state index in [1.54, 1.807) is 0 Å². The highest BCUT2D eigenvalue weighted by atomic mass is 31.2. The van der Waals surface area contributed by atoms with E-state index >= 15 is 0 Å². The molecule has 0 aromatic carbocycles. The lowest BCUT2D eigenvalue weighted by atomic mass is 10.2. The van der Waals surface area contributed by atoms with Gasteiger partial charge in [0.15, 0.2) is 0 Å². The smallest absolute Gasteiger partial charge is 0.339 e. The summed E-state index contributed by atoms with van der Waals surface area (Å²) < 4.78 is 21.6. The first kappa shape index (κ1) is 32.9. The molecule has 0 radical (unpaired) electrons. The fourth-order valence-electron chi connectivity index (χ4n) is 1.47. The Bertz CT molecular complexity index is 286. The lowest BCUT2D eigenvalue weighted by molar-refractivity contribution is 0.273. The van der Waals surface area contributed by atoms with E-state index in [-0.39, 0.29) is 31.1 Å². The molecule has 13 heteroatoms. The molecule has 0 spiro atoms. The SMILES string of the molecule is CCCCCCN(CP(=O)(O)O)CP(=O)(O)O.N.N.N.N. The van der Waals surface area contributed by atoms with Crippen LogP contribution in [-0.2, 0) is 9.13 Å². The van der Waals surface area contributed by atoms with Crippen molar-refractivity contribution in [1.29, 1.82) is 0 Å². The van der Waals surface area contributed by atoms with Crippen LogP contribution < -0.4 is 24.6 Å². The minimum Gasteiger partial charge on any atom is -0.344 e. The zero-order chi connectivity index (χ0) is 13.5. The van der Waals surface area contributed by atoms with E-state index in [4.69, 9.17) is 19.6 Å². The van der Waals surface area contributed by atoms with Crippen LogP contribution in [0.4, 0.5) is 0 Å². The van der Waals surface area contributed by atoms with Gasteiger partial charge in [-0.3, -0.25) is 14.0 Å². The second-order valence-corrected chi connectivity index (χ2v) is 7.29. The molecule has 0 saturated heterocycles. The lowest BCUT2D eigenvalue weighted by Gasteiger charge is -2.22. The van der Waals surface area contributed by atoms with Crippen molar-refractivity contribution in [3.63, 3.8) is 0 Å². The molecule has 0 heterocycles. The predicted molar refractivity (Wildman–Crippen MR) is 84.8 cm³/mol. The summed E-state index contributed by atoms with van der Waals surface area (Å²) in [5.41, 5.74) is 0. The molecule has 11 nitrogen and oxygen atoms in total. The van der Waals surface area contributed by atoms with E-state index in [9.17, 15) is 9.13 Å². The van der Waals surface area contributed by atoms with Crippen LogP contribution in [0.25, 0.3) is 0 Å². The molecule has 0 rings (SSSR count). The molecule has 0 aromatic rings. The second kappa shape index (κ2) is 15.0. The Labute approximate surface area is 126 Å². The highest BCUT2D eigenvalue weighted by Crippen LogP contribution is 2.40. The van der Waals surface area contributed by atoms with Crippen molar-refractivity contribution in [3.8, 4) is 0 Å². The molecule has 16 N–H and O–H groups in total. The Morgan fingerprint density at radius 1 is 0.762 bits per heavy atom. The summed E-state index contributed by atoms with van der Waals surface area (Å²) in [6.07, 6.45) is 2.37. The largest absolute Gasteiger partial charge is 0.344 e. The molecule has 0 amide bonds. The van der Waals surface area contributed by atoms with Crippen molar-refractivity contribution in [2.75, 3.05) is 19.1 Å². The maximum absolute atomic E-state index is 10.8. The van der Waals surface area contributed by atoms with Gasteiger partial charge in [0, 0.05) is 0 Å².